The van der Waals surface area contributed by atoms with Gasteiger partial charge in [-0.2, -0.15) is 5.26 Å². The van der Waals surface area contributed by atoms with Crippen LogP contribution in [-0.4, -0.2) is 0 Å². The zero-order chi connectivity index (χ0) is 15.4. The molecular weight excluding hydrogens is 291 g/mol. The minimum atomic E-state index is -0.559. The van der Waals surface area contributed by atoms with Crippen molar-refractivity contribution in [2.24, 2.45) is 5.73 Å². The van der Waals surface area contributed by atoms with Crippen LogP contribution in [-0.2, 0) is 6.61 Å². The summed E-state index contributed by atoms with van der Waals surface area (Å²) in [6.07, 6.45) is 0. The molecular formula is C16H14ClFN2O. The highest BCUT2D eigenvalue weighted by Gasteiger charge is 2.12. The van der Waals surface area contributed by atoms with Crippen molar-refractivity contribution in [2.45, 2.75) is 19.6 Å². The Hall–Kier alpha value is -2.09. The molecule has 5 heteroatoms. The number of hydrogen-bond acceptors (Lipinski definition) is 3. The van der Waals surface area contributed by atoms with Gasteiger partial charge in [-0.25, -0.2) is 4.39 Å². The summed E-state index contributed by atoms with van der Waals surface area (Å²) in [5, 5.41) is 9.38. The van der Waals surface area contributed by atoms with Crippen LogP contribution in [0.4, 0.5) is 4.39 Å². The molecule has 0 aliphatic heterocycles. The molecule has 0 aromatic heterocycles. The number of nitrogens with two attached hydrogens (primary N) is 1. The van der Waals surface area contributed by atoms with Gasteiger partial charge in [-0.15, -0.1) is 0 Å². The highest BCUT2D eigenvalue weighted by Crippen LogP contribution is 2.28. The molecule has 0 unspecified atom stereocenters. The molecule has 0 aliphatic carbocycles. The summed E-state index contributed by atoms with van der Waals surface area (Å²) in [4.78, 5) is 0. The van der Waals surface area contributed by atoms with Crippen LogP contribution in [0.2, 0.25) is 5.02 Å². The van der Waals surface area contributed by atoms with Gasteiger partial charge < -0.3 is 10.5 Å². The number of nitriles is 1. The largest absolute Gasteiger partial charge is 0.488 e. The molecule has 3 nitrogen and oxygen atoms in total. The van der Waals surface area contributed by atoms with Gasteiger partial charge in [-0.3, -0.25) is 0 Å². The number of nitrogens with zero attached hydrogens (tertiary/aromatic N) is 1. The van der Waals surface area contributed by atoms with E-state index in [1.165, 1.54) is 6.07 Å². The van der Waals surface area contributed by atoms with Gasteiger partial charge in [-0.1, -0.05) is 23.7 Å². The minimum absolute atomic E-state index is 0.000350. The van der Waals surface area contributed by atoms with Gasteiger partial charge in [0.25, 0.3) is 0 Å². The molecule has 0 aliphatic rings. The van der Waals surface area contributed by atoms with Crippen molar-refractivity contribution in [2.75, 3.05) is 0 Å². The quantitative estimate of drug-likeness (QED) is 0.930. The molecule has 0 spiro atoms. The second-order valence-corrected chi connectivity index (χ2v) is 5.09. The fourth-order valence-corrected chi connectivity index (χ4v) is 2.12. The lowest BCUT2D eigenvalue weighted by molar-refractivity contribution is 0.295. The van der Waals surface area contributed by atoms with Crippen LogP contribution in [0.5, 0.6) is 5.75 Å². The van der Waals surface area contributed by atoms with Gasteiger partial charge in [0.1, 0.15) is 24.2 Å². The molecule has 0 bridgehead atoms. The van der Waals surface area contributed by atoms with Crippen molar-refractivity contribution >= 4 is 11.6 Å². The molecule has 2 aromatic rings. The standard InChI is InChI=1S/C16H14ClFN2O/c1-10(20)14-7-13(17)5-6-15(14)21-9-12-4-2-3-11(8-19)16(12)18/h2-7,10H,9,20H2,1H3/t10-/m1/s1. The van der Waals surface area contributed by atoms with Crippen molar-refractivity contribution in [1.29, 1.82) is 5.26 Å². The normalized spacial score (nSPS) is 11.8. The molecule has 2 aromatic carbocycles. The maximum absolute atomic E-state index is 14.0. The number of benzene rings is 2. The van der Waals surface area contributed by atoms with E-state index in [0.29, 0.717) is 16.3 Å². The molecule has 0 saturated heterocycles. The van der Waals surface area contributed by atoms with E-state index in [1.807, 2.05) is 6.92 Å². The van der Waals surface area contributed by atoms with E-state index in [4.69, 9.17) is 27.3 Å². The van der Waals surface area contributed by atoms with Crippen molar-refractivity contribution in [1.82, 2.24) is 0 Å². The predicted molar refractivity (Wildman–Crippen MR) is 79.5 cm³/mol. The highest BCUT2D eigenvalue weighted by molar-refractivity contribution is 6.30. The van der Waals surface area contributed by atoms with Gasteiger partial charge in [0.2, 0.25) is 0 Å². The Morgan fingerprint density at radius 2 is 2.14 bits per heavy atom. The third-order valence-corrected chi connectivity index (χ3v) is 3.28. The Labute approximate surface area is 127 Å². The van der Waals surface area contributed by atoms with E-state index in [9.17, 15) is 4.39 Å². The van der Waals surface area contributed by atoms with Gasteiger partial charge in [0.15, 0.2) is 0 Å². The van der Waals surface area contributed by atoms with Gasteiger partial charge in [-0.05, 0) is 31.2 Å². The van der Waals surface area contributed by atoms with Crippen LogP contribution in [0.25, 0.3) is 0 Å². The summed E-state index contributed by atoms with van der Waals surface area (Å²) in [7, 11) is 0. The van der Waals surface area contributed by atoms with Crippen LogP contribution in [0.3, 0.4) is 0 Å². The van der Waals surface area contributed by atoms with Crippen molar-refractivity contribution < 1.29 is 9.13 Å². The number of hydrogen-bond donors (Lipinski definition) is 1. The summed E-state index contributed by atoms with van der Waals surface area (Å²) in [5.74, 6) is -0.00697. The summed E-state index contributed by atoms with van der Waals surface area (Å²) in [5.41, 5.74) is 6.94. The fraction of sp³-hybridized carbons (Fsp3) is 0.188. The summed E-state index contributed by atoms with van der Waals surface area (Å²) < 4.78 is 19.6. The molecule has 1 atom stereocenters. The Morgan fingerprint density at radius 3 is 2.81 bits per heavy atom. The number of halogens is 2. The first-order valence-electron chi connectivity index (χ1n) is 6.38. The Bertz CT molecular complexity index is 695. The maximum atomic E-state index is 14.0. The van der Waals surface area contributed by atoms with Crippen LogP contribution in [0, 0.1) is 17.1 Å². The van der Waals surface area contributed by atoms with Gasteiger partial charge >= 0.3 is 0 Å². The van der Waals surface area contributed by atoms with Gasteiger partial charge in [0.05, 0.1) is 5.56 Å². The maximum Gasteiger partial charge on any atom is 0.147 e. The molecule has 21 heavy (non-hydrogen) atoms. The first-order valence-corrected chi connectivity index (χ1v) is 6.76. The Kier molecular flexibility index (Phi) is 4.79. The molecule has 0 fully saturated rings. The molecule has 108 valence electrons. The van der Waals surface area contributed by atoms with Crippen molar-refractivity contribution in [3.63, 3.8) is 0 Å². The highest BCUT2D eigenvalue weighted by atomic mass is 35.5. The lowest BCUT2D eigenvalue weighted by Crippen LogP contribution is -2.08. The van der Waals surface area contributed by atoms with E-state index in [1.54, 1.807) is 36.4 Å². The van der Waals surface area contributed by atoms with E-state index in [0.717, 1.165) is 5.56 Å². The molecule has 0 heterocycles. The van der Waals surface area contributed by atoms with E-state index < -0.39 is 5.82 Å². The lowest BCUT2D eigenvalue weighted by Gasteiger charge is -2.15. The average molecular weight is 305 g/mol. The lowest BCUT2D eigenvalue weighted by atomic mass is 10.1. The van der Waals surface area contributed by atoms with Gasteiger partial charge in [0, 0.05) is 22.2 Å². The minimum Gasteiger partial charge on any atom is -0.488 e. The van der Waals surface area contributed by atoms with Crippen LogP contribution >= 0.6 is 11.6 Å². The SMILES string of the molecule is C[C@@H](N)c1cc(Cl)ccc1OCc1cccc(C#N)c1F. The predicted octanol–water partition coefficient (Wildman–Crippen LogP) is 3.95. The summed E-state index contributed by atoms with van der Waals surface area (Å²) in [6.45, 7) is 1.83. The zero-order valence-corrected chi connectivity index (χ0v) is 12.2. The van der Waals surface area contributed by atoms with Crippen LogP contribution in [0.1, 0.15) is 29.7 Å². The third-order valence-electron chi connectivity index (χ3n) is 3.04. The summed E-state index contributed by atoms with van der Waals surface area (Å²) in [6, 6.07) is 11.3. The average Bonchev–Trinajstić information content (AvgIpc) is 2.47. The van der Waals surface area contributed by atoms with E-state index in [-0.39, 0.29) is 18.2 Å². The molecule has 2 rings (SSSR count). The first kappa shape index (κ1) is 15.3. The zero-order valence-electron chi connectivity index (χ0n) is 11.4. The molecule has 2 N–H and O–H groups in total. The topological polar surface area (TPSA) is 59.0 Å². The van der Waals surface area contributed by atoms with Crippen LogP contribution < -0.4 is 10.5 Å². The van der Waals surface area contributed by atoms with Crippen LogP contribution in [0.15, 0.2) is 36.4 Å². The molecule has 0 amide bonds. The number of rotatable bonds is 4. The monoisotopic (exact) mass is 304 g/mol. The van der Waals surface area contributed by atoms with Crippen molar-refractivity contribution in [3.8, 4) is 11.8 Å². The fourth-order valence-electron chi connectivity index (χ4n) is 1.94. The molecule has 0 saturated carbocycles. The van der Waals surface area contributed by atoms with Crippen molar-refractivity contribution in [3.05, 3.63) is 63.9 Å². The summed E-state index contributed by atoms with van der Waals surface area (Å²) >= 11 is 5.94. The van der Waals surface area contributed by atoms with E-state index in [2.05, 4.69) is 0 Å². The third kappa shape index (κ3) is 3.52. The number of ether oxygens (including phenoxy) is 1. The molecule has 0 radical (unpaired) electrons. The smallest absolute Gasteiger partial charge is 0.147 e. The Balaban J connectivity index is 2.23. The van der Waals surface area contributed by atoms with E-state index >= 15 is 0 Å². The second kappa shape index (κ2) is 6.57. The first-order chi connectivity index (χ1) is 10.0. The Morgan fingerprint density at radius 1 is 1.38 bits per heavy atom. The second-order valence-electron chi connectivity index (χ2n) is 4.65.